The van der Waals surface area contributed by atoms with Crippen molar-refractivity contribution in [3.05, 3.63) is 16.1 Å². The average Bonchev–Trinajstić information content (AvgIpc) is 2.84. The van der Waals surface area contributed by atoms with E-state index in [1.165, 1.54) is 30.0 Å². The average molecular weight is 295 g/mol. The van der Waals surface area contributed by atoms with Gasteiger partial charge >= 0.3 is 0 Å². The van der Waals surface area contributed by atoms with Crippen molar-refractivity contribution in [3.63, 3.8) is 0 Å². The Morgan fingerprint density at radius 3 is 2.55 bits per heavy atom. The monoisotopic (exact) mass is 294 g/mol. The molecule has 3 atom stereocenters. The zero-order valence-electron chi connectivity index (χ0n) is 13.9. The van der Waals surface area contributed by atoms with Gasteiger partial charge < -0.3 is 5.32 Å². The van der Waals surface area contributed by atoms with Gasteiger partial charge in [0, 0.05) is 10.8 Å². The van der Waals surface area contributed by atoms with Crippen LogP contribution in [0.3, 0.4) is 0 Å². The standard InChI is InChI=1S/C17H30N2S/c1-7-18-17(9-8-12(2)13(3)10-17)15-19-14(11-20-15)16(4,5)6/h11-13,18H,7-10H2,1-6H3. The molecule has 1 aliphatic carbocycles. The Labute approximate surface area is 128 Å². The third kappa shape index (κ3) is 3.09. The molecule has 20 heavy (non-hydrogen) atoms. The van der Waals surface area contributed by atoms with E-state index in [2.05, 4.69) is 52.2 Å². The number of hydrogen-bond acceptors (Lipinski definition) is 3. The van der Waals surface area contributed by atoms with E-state index in [4.69, 9.17) is 4.98 Å². The van der Waals surface area contributed by atoms with Gasteiger partial charge in [-0.1, -0.05) is 41.5 Å². The molecule has 2 rings (SSSR count). The molecule has 1 heterocycles. The van der Waals surface area contributed by atoms with E-state index in [9.17, 15) is 0 Å². The molecule has 1 aliphatic rings. The van der Waals surface area contributed by atoms with Crippen molar-refractivity contribution in [2.45, 2.75) is 71.8 Å². The fraction of sp³-hybridized carbons (Fsp3) is 0.824. The van der Waals surface area contributed by atoms with E-state index in [0.29, 0.717) is 0 Å². The Hall–Kier alpha value is -0.410. The zero-order chi connectivity index (χ0) is 15.0. The van der Waals surface area contributed by atoms with Crippen LogP contribution in [-0.4, -0.2) is 11.5 Å². The zero-order valence-corrected chi connectivity index (χ0v) is 14.7. The maximum Gasteiger partial charge on any atom is 0.113 e. The van der Waals surface area contributed by atoms with Gasteiger partial charge in [0.15, 0.2) is 0 Å². The Kier molecular flexibility index (Phi) is 4.60. The van der Waals surface area contributed by atoms with Gasteiger partial charge in [-0.3, -0.25) is 0 Å². The molecule has 0 spiro atoms. The van der Waals surface area contributed by atoms with Gasteiger partial charge in [0.25, 0.3) is 0 Å². The predicted molar refractivity (Wildman–Crippen MR) is 88.3 cm³/mol. The molecule has 1 N–H and O–H groups in total. The molecule has 2 nitrogen and oxygen atoms in total. The molecule has 0 amide bonds. The van der Waals surface area contributed by atoms with Crippen LogP contribution in [0.5, 0.6) is 0 Å². The van der Waals surface area contributed by atoms with Gasteiger partial charge in [-0.25, -0.2) is 4.98 Å². The van der Waals surface area contributed by atoms with Crippen LogP contribution in [0.2, 0.25) is 0 Å². The summed E-state index contributed by atoms with van der Waals surface area (Å²) in [5, 5.41) is 7.35. The number of rotatable bonds is 3. The molecule has 3 heteroatoms. The van der Waals surface area contributed by atoms with Gasteiger partial charge in [-0.05, 0) is 37.6 Å². The molecule has 1 aromatic rings. The minimum absolute atomic E-state index is 0.120. The van der Waals surface area contributed by atoms with E-state index in [-0.39, 0.29) is 11.0 Å². The fourth-order valence-electron chi connectivity index (χ4n) is 3.22. The number of aromatic nitrogens is 1. The SMILES string of the molecule is CCNC1(c2nc(C(C)(C)C)cs2)CCC(C)C(C)C1. The van der Waals surface area contributed by atoms with Gasteiger partial charge in [0.2, 0.25) is 0 Å². The van der Waals surface area contributed by atoms with Crippen molar-refractivity contribution in [3.8, 4) is 0 Å². The van der Waals surface area contributed by atoms with Crippen LogP contribution in [0.1, 0.15) is 71.5 Å². The molecule has 1 aromatic heterocycles. The molecular formula is C17H30N2S. The predicted octanol–water partition coefficient (Wildman–Crippen LogP) is 4.70. The van der Waals surface area contributed by atoms with Crippen molar-refractivity contribution in [1.29, 1.82) is 0 Å². The topological polar surface area (TPSA) is 24.9 Å². The van der Waals surface area contributed by atoms with Crippen LogP contribution < -0.4 is 5.32 Å². The summed E-state index contributed by atoms with van der Waals surface area (Å²) in [6.07, 6.45) is 3.75. The summed E-state index contributed by atoms with van der Waals surface area (Å²) < 4.78 is 0. The first-order valence-electron chi connectivity index (χ1n) is 8.00. The minimum atomic E-state index is 0.120. The highest BCUT2D eigenvalue weighted by Gasteiger charge is 2.41. The Balaban J connectivity index is 2.31. The first-order valence-corrected chi connectivity index (χ1v) is 8.88. The van der Waals surface area contributed by atoms with Crippen LogP contribution in [0, 0.1) is 11.8 Å². The highest BCUT2D eigenvalue weighted by atomic mass is 32.1. The number of nitrogens with one attached hydrogen (secondary N) is 1. The Bertz CT molecular complexity index is 446. The summed E-state index contributed by atoms with van der Waals surface area (Å²) >= 11 is 1.85. The molecule has 1 fully saturated rings. The first kappa shape index (κ1) is 16.0. The Morgan fingerprint density at radius 2 is 2.05 bits per heavy atom. The van der Waals surface area contributed by atoms with E-state index in [0.717, 1.165) is 18.4 Å². The molecule has 114 valence electrons. The summed E-state index contributed by atoms with van der Waals surface area (Å²) in [4.78, 5) is 5.01. The first-order chi connectivity index (χ1) is 9.28. The molecule has 0 saturated heterocycles. The molecule has 0 aromatic carbocycles. The normalized spacial score (nSPS) is 31.5. The van der Waals surface area contributed by atoms with Gasteiger partial charge in [0.05, 0.1) is 11.2 Å². The van der Waals surface area contributed by atoms with Crippen LogP contribution >= 0.6 is 11.3 Å². The summed E-state index contributed by atoms with van der Waals surface area (Å²) in [5.74, 6) is 1.61. The summed E-state index contributed by atoms with van der Waals surface area (Å²) in [5.41, 5.74) is 1.51. The molecule has 0 radical (unpaired) electrons. The third-order valence-electron chi connectivity index (χ3n) is 4.87. The molecule has 1 saturated carbocycles. The quantitative estimate of drug-likeness (QED) is 0.874. The van der Waals surface area contributed by atoms with Gasteiger partial charge in [0.1, 0.15) is 5.01 Å². The summed E-state index contributed by atoms with van der Waals surface area (Å²) in [7, 11) is 0. The second kappa shape index (κ2) is 5.76. The smallest absolute Gasteiger partial charge is 0.113 e. The number of hydrogen-bond donors (Lipinski definition) is 1. The highest BCUT2D eigenvalue weighted by Crippen LogP contribution is 2.44. The second-order valence-corrected chi connectivity index (χ2v) is 8.46. The highest BCUT2D eigenvalue weighted by molar-refractivity contribution is 7.09. The summed E-state index contributed by atoms with van der Waals surface area (Å²) in [6.45, 7) is 14.8. The lowest BCUT2D eigenvalue weighted by atomic mass is 9.71. The molecular weight excluding hydrogens is 264 g/mol. The lowest BCUT2D eigenvalue weighted by Gasteiger charge is -2.42. The number of nitrogens with zero attached hydrogens (tertiary/aromatic N) is 1. The van der Waals surface area contributed by atoms with Crippen LogP contribution in [-0.2, 0) is 11.0 Å². The lowest BCUT2D eigenvalue weighted by molar-refractivity contribution is 0.142. The van der Waals surface area contributed by atoms with Crippen LogP contribution in [0.15, 0.2) is 5.38 Å². The fourth-order valence-corrected chi connectivity index (χ4v) is 4.48. The van der Waals surface area contributed by atoms with Crippen molar-refractivity contribution >= 4 is 11.3 Å². The van der Waals surface area contributed by atoms with Gasteiger partial charge in [-0.2, -0.15) is 0 Å². The van der Waals surface area contributed by atoms with Crippen LogP contribution in [0.4, 0.5) is 0 Å². The van der Waals surface area contributed by atoms with Crippen molar-refractivity contribution in [2.75, 3.05) is 6.54 Å². The maximum absolute atomic E-state index is 5.01. The van der Waals surface area contributed by atoms with E-state index in [1.807, 2.05) is 11.3 Å². The van der Waals surface area contributed by atoms with E-state index < -0.39 is 0 Å². The molecule has 0 aliphatic heterocycles. The minimum Gasteiger partial charge on any atom is -0.306 e. The van der Waals surface area contributed by atoms with E-state index >= 15 is 0 Å². The lowest BCUT2D eigenvalue weighted by Crippen LogP contribution is -2.47. The van der Waals surface area contributed by atoms with E-state index in [1.54, 1.807) is 0 Å². The Morgan fingerprint density at radius 1 is 1.35 bits per heavy atom. The largest absolute Gasteiger partial charge is 0.306 e. The van der Waals surface area contributed by atoms with Gasteiger partial charge in [-0.15, -0.1) is 11.3 Å². The van der Waals surface area contributed by atoms with Crippen molar-refractivity contribution < 1.29 is 0 Å². The third-order valence-corrected chi connectivity index (χ3v) is 5.91. The van der Waals surface area contributed by atoms with Crippen molar-refractivity contribution in [2.24, 2.45) is 11.8 Å². The molecule has 3 unspecified atom stereocenters. The maximum atomic E-state index is 5.01. The summed E-state index contributed by atoms with van der Waals surface area (Å²) in [6, 6.07) is 0. The van der Waals surface area contributed by atoms with Crippen LogP contribution in [0.25, 0.3) is 0 Å². The second-order valence-electron chi connectivity index (χ2n) is 7.60. The number of thiazole rings is 1. The molecule has 0 bridgehead atoms. The van der Waals surface area contributed by atoms with Crippen molar-refractivity contribution in [1.82, 2.24) is 10.3 Å².